The number of halogens is 1. The van der Waals surface area contributed by atoms with Gasteiger partial charge in [0.15, 0.2) is 5.69 Å². The molecule has 0 spiro atoms. The van der Waals surface area contributed by atoms with Gasteiger partial charge in [0.05, 0.1) is 24.4 Å². The van der Waals surface area contributed by atoms with E-state index in [0.29, 0.717) is 64.0 Å². The number of aromatic nitrogens is 2. The number of rotatable bonds is 3. The highest BCUT2D eigenvalue weighted by atomic mass is 35.5. The van der Waals surface area contributed by atoms with Gasteiger partial charge in [-0.2, -0.15) is 0 Å². The van der Waals surface area contributed by atoms with Crippen LogP contribution >= 0.6 is 11.6 Å². The number of amides is 2. The largest absolute Gasteiger partial charge is 0.378 e. The van der Waals surface area contributed by atoms with Crippen molar-refractivity contribution in [1.82, 2.24) is 19.8 Å². The summed E-state index contributed by atoms with van der Waals surface area (Å²) in [5.41, 5.74) is 0.854. The summed E-state index contributed by atoms with van der Waals surface area (Å²) >= 11 is 6.23. The summed E-state index contributed by atoms with van der Waals surface area (Å²) < 4.78 is 5.35. The van der Waals surface area contributed by atoms with Crippen LogP contribution in [0.4, 0.5) is 5.95 Å². The number of nitrogens with zero attached hydrogens (tertiary/aromatic N) is 5. The molecule has 29 heavy (non-hydrogen) atoms. The molecule has 0 unspecified atom stereocenters. The molecule has 2 aliphatic heterocycles. The van der Waals surface area contributed by atoms with E-state index in [1.54, 1.807) is 21.9 Å². The van der Waals surface area contributed by atoms with Crippen LogP contribution in [-0.4, -0.2) is 84.1 Å². The molecular formula is C20H22ClN5O3. The van der Waals surface area contributed by atoms with E-state index in [1.165, 1.54) is 6.20 Å². The Kier molecular flexibility index (Phi) is 5.92. The second kappa shape index (κ2) is 8.75. The highest BCUT2D eigenvalue weighted by molar-refractivity contribution is 6.33. The minimum atomic E-state index is -0.237. The normalized spacial score (nSPS) is 17.3. The molecule has 2 aliphatic rings. The highest BCUT2D eigenvalue weighted by Crippen LogP contribution is 2.20. The SMILES string of the molecule is O=C(c1ccccc1)N1CCN(C(=O)c2nc(N3CCOCC3)ncc2Cl)CC1. The van der Waals surface area contributed by atoms with Crippen LogP contribution < -0.4 is 4.90 Å². The Labute approximate surface area is 174 Å². The molecule has 0 saturated carbocycles. The molecule has 2 amide bonds. The number of morpholine rings is 1. The molecule has 8 nitrogen and oxygen atoms in total. The number of hydrogen-bond acceptors (Lipinski definition) is 6. The van der Waals surface area contributed by atoms with E-state index in [9.17, 15) is 9.59 Å². The van der Waals surface area contributed by atoms with Crippen LogP contribution in [0.1, 0.15) is 20.8 Å². The lowest BCUT2D eigenvalue weighted by molar-refractivity contribution is 0.0532. The van der Waals surface area contributed by atoms with Crippen molar-refractivity contribution in [3.63, 3.8) is 0 Å². The zero-order chi connectivity index (χ0) is 20.2. The molecule has 0 radical (unpaired) electrons. The van der Waals surface area contributed by atoms with E-state index < -0.39 is 0 Å². The first-order valence-corrected chi connectivity index (χ1v) is 10.00. The van der Waals surface area contributed by atoms with E-state index in [4.69, 9.17) is 16.3 Å². The molecule has 2 aromatic rings. The molecule has 0 bridgehead atoms. The minimum absolute atomic E-state index is 0.0210. The summed E-state index contributed by atoms with van der Waals surface area (Å²) in [5.74, 6) is 0.227. The summed E-state index contributed by atoms with van der Waals surface area (Å²) in [7, 11) is 0. The van der Waals surface area contributed by atoms with Crippen molar-refractivity contribution < 1.29 is 14.3 Å². The number of piperazine rings is 1. The third kappa shape index (κ3) is 4.33. The predicted molar refractivity (Wildman–Crippen MR) is 108 cm³/mol. The number of anilines is 1. The number of carbonyl (C=O) groups excluding carboxylic acids is 2. The quantitative estimate of drug-likeness (QED) is 0.757. The molecule has 4 rings (SSSR count). The minimum Gasteiger partial charge on any atom is -0.378 e. The van der Waals surface area contributed by atoms with E-state index in [1.807, 2.05) is 23.1 Å². The van der Waals surface area contributed by atoms with Gasteiger partial charge in [0.2, 0.25) is 5.95 Å². The Morgan fingerprint density at radius 3 is 2.17 bits per heavy atom. The van der Waals surface area contributed by atoms with Crippen LogP contribution in [0.3, 0.4) is 0 Å². The fraction of sp³-hybridized carbons (Fsp3) is 0.400. The Morgan fingerprint density at radius 1 is 0.897 bits per heavy atom. The number of hydrogen-bond donors (Lipinski definition) is 0. The Morgan fingerprint density at radius 2 is 1.52 bits per heavy atom. The van der Waals surface area contributed by atoms with Crippen molar-refractivity contribution in [2.45, 2.75) is 0 Å². The number of ether oxygens (including phenoxy) is 1. The Hall–Kier alpha value is -2.71. The van der Waals surface area contributed by atoms with Crippen molar-refractivity contribution >= 4 is 29.4 Å². The summed E-state index contributed by atoms with van der Waals surface area (Å²) in [6.45, 7) is 4.37. The molecule has 9 heteroatoms. The molecule has 1 aromatic carbocycles. The summed E-state index contributed by atoms with van der Waals surface area (Å²) in [5, 5.41) is 0.231. The van der Waals surface area contributed by atoms with Gasteiger partial charge in [-0.1, -0.05) is 29.8 Å². The van der Waals surface area contributed by atoms with Crippen LogP contribution in [0.2, 0.25) is 5.02 Å². The van der Waals surface area contributed by atoms with Gasteiger partial charge in [0.1, 0.15) is 0 Å². The molecule has 1 aromatic heterocycles. The Balaban J connectivity index is 1.42. The standard InChI is InChI=1S/C20H22ClN5O3/c21-16-14-22-20(26-10-12-29-13-11-26)23-17(16)19(28)25-8-6-24(7-9-25)18(27)15-4-2-1-3-5-15/h1-5,14H,6-13H2. The van der Waals surface area contributed by atoms with Gasteiger partial charge >= 0.3 is 0 Å². The van der Waals surface area contributed by atoms with Crippen molar-refractivity contribution in [3.05, 3.63) is 52.8 Å². The summed E-state index contributed by atoms with van der Waals surface area (Å²) in [4.78, 5) is 39.7. The number of benzene rings is 1. The molecule has 3 heterocycles. The second-order valence-corrected chi connectivity index (χ2v) is 7.32. The maximum atomic E-state index is 13.0. The lowest BCUT2D eigenvalue weighted by Gasteiger charge is -2.35. The molecular weight excluding hydrogens is 394 g/mol. The molecule has 0 aliphatic carbocycles. The lowest BCUT2D eigenvalue weighted by Crippen LogP contribution is -2.50. The highest BCUT2D eigenvalue weighted by Gasteiger charge is 2.28. The first-order chi connectivity index (χ1) is 14.1. The summed E-state index contributed by atoms with van der Waals surface area (Å²) in [6.07, 6.45) is 1.47. The maximum absolute atomic E-state index is 13.0. The first kappa shape index (κ1) is 19.6. The van der Waals surface area contributed by atoms with Gasteiger partial charge in [-0.15, -0.1) is 0 Å². The van der Waals surface area contributed by atoms with Crippen LogP contribution in [0.5, 0.6) is 0 Å². The topological polar surface area (TPSA) is 78.9 Å². The first-order valence-electron chi connectivity index (χ1n) is 9.62. The molecule has 0 N–H and O–H groups in total. The molecule has 2 fully saturated rings. The fourth-order valence-corrected chi connectivity index (χ4v) is 3.62. The van der Waals surface area contributed by atoms with Crippen LogP contribution in [0.15, 0.2) is 36.5 Å². The van der Waals surface area contributed by atoms with Gasteiger partial charge in [0.25, 0.3) is 11.8 Å². The molecule has 0 atom stereocenters. The van der Waals surface area contributed by atoms with Gasteiger partial charge in [-0.3, -0.25) is 9.59 Å². The van der Waals surface area contributed by atoms with Gasteiger partial charge in [-0.25, -0.2) is 9.97 Å². The van der Waals surface area contributed by atoms with Crippen LogP contribution in [0.25, 0.3) is 0 Å². The zero-order valence-electron chi connectivity index (χ0n) is 16.0. The van der Waals surface area contributed by atoms with E-state index in [-0.39, 0.29) is 22.5 Å². The fourth-order valence-electron chi connectivity index (χ4n) is 3.45. The van der Waals surface area contributed by atoms with Crippen molar-refractivity contribution in [3.8, 4) is 0 Å². The van der Waals surface area contributed by atoms with Crippen LogP contribution in [0, 0.1) is 0 Å². The predicted octanol–water partition coefficient (Wildman–Crippen LogP) is 1.56. The monoisotopic (exact) mass is 415 g/mol. The van der Waals surface area contributed by atoms with E-state index in [0.717, 1.165) is 0 Å². The van der Waals surface area contributed by atoms with Crippen molar-refractivity contribution in [2.75, 3.05) is 57.4 Å². The van der Waals surface area contributed by atoms with Crippen LogP contribution in [-0.2, 0) is 4.74 Å². The third-order valence-corrected chi connectivity index (χ3v) is 5.38. The van der Waals surface area contributed by atoms with Gasteiger partial charge in [-0.05, 0) is 12.1 Å². The summed E-state index contributed by atoms with van der Waals surface area (Å²) in [6, 6.07) is 9.16. The average Bonchev–Trinajstić information content (AvgIpc) is 2.80. The zero-order valence-corrected chi connectivity index (χ0v) is 16.7. The van der Waals surface area contributed by atoms with E-state index in [2.05, 4.69) is 9.97 Å². The van der Waals surface area contributed by atoms with Gasteiger partial charge in [0, 0.05) is 44.8 Å². The smallest absolute Gasteiger partial charge is 0.274 e. The second-order valence-electron chi connectivity index (χ2n) is 6.92. The average molecular weight is 416 g/mol. The van der Waals surface area contributed by atoms with Crippen molar-refractivity contribution in [2.24, 2.45) is 0 Å². The Bertz CT molecular complexity index is 881. The van der Waals surface area contributed by atoms with Crippen molar-refractivity contribution in [1.29, 1.82) is 0 Å². The third-order valence-electron chi connectivity index (χ3n) is 5.10. The molecule has 152 valence electrons. The number of carbonyl (C=O) groups is 2. The lowest BCUT2D eigenvalue weighted by atomic mass is 10.2. The maximum Gasteiger partial charge on any atom is 0.274 e. The molecule has 2 saturated heterocycles. The van der Waals surface area contributed by atoms with Gasteiger partial charge < -0.3 is 19.4 Å². The van der Waals surface area contributed by atoms with E-state index >= 15 is 0 Å².